The van der Waals surface area contributed by atoms with Gasteiger partial charge in [0.25, 0.3) is 5.91 Å². The third kappa shape index (κ3) is 5.63. The van der Waals surface area contributed by atoms with Gasteiger partial charge in [0.1, 0.15) is 11.3 Å². The summed E-state index contributed by atoms with van der Waals surface area (Å²) in [5.41, 5.74) is 0.960. The first-order chi connectivity index (χ1) is 13.6. The maximum absolute atomic E-state index is 12.4. The Hall–Kier alpha value is -2.33. The molecule has 0 fully saturated rings. The van der Waals surface area contributed by atoms with Gasteiger partial charge in [-0.05, 0) is 23.0 Å². The number of ether oxygens (including phenoxy) is 3. The Bertz CT molecular complexity index is 957. The molecule has 0 atom stereocenters. The minimum absolute atomic E-state index is 0. The van der Waals surface area contributed by atoms with E-state index in [4.69, 9.17) is 27.7 Å². The van der Waals surface area contributed by atoms with Gasteiger partial charge >= 0.3 is 35.2 Å². The van der Waals surface area contributed by atoms with Gasteiger partial charge in [-0.25, -0.2) is 5.43 Å². The second-order valence-corrected chi connectivity index (χ2v) is 6.55. The van der Waals surface area contributed by atoms with Crippen molar-refractivity contribution in [2.75, 3.05) is 21.3 Å². The zero-order valence-corrected chi connectivity index (χ0v) is 19.1. The van der Waals surface area contributed by atoms with E-state index in [1.54, 1.807) is 0 Å². The van der Waals surface area contributed by atoms with Gasteiger partial charge in [-0.1, -0.05) is 0 Å². The number of nitrogens with one attached hydrogen (secondary N) is 1. The van der Waals surface area contributed by atoms with Crippen molar-refractivity contribution < 1.29 is 71.6 Å². The normalized spacial score (nSPS) is 11.5. The molecule has 2 aromatic rings. The van der Waals surface area contributed by atoms with Crippen LogP contribution in [0.5, 0.6) is 17.2 Å². The monoisotopic (exact) mass is 453 g/mol. The first-order valence-electron chi connectivity index (χ1n) is 7.53. The van der Waals surface area contributed by atoms with Crippen LogP contribution in [0.1, 0.15) is 16.1 Å². The fourth-order valence-electron chi connectivity index (χ4n) is 2.26. The van der Waals surface area contributed by atoms with Gasteiger partial charge in [0, 0.05) is 6.07 Å². The summed E-state index contributed by atoms with van der Waals surface area (Å²) in [6.45, 7) is 0. The molecular formula is C15H16N3NaO10S. The number of nitrogens with zero attached hydrogens (tertiary/aromatic N) is 2. The van der Waals surface area contributed by atoms with Crippen molar-refractivity contribution in [3.63, 3.8) is 0 Å². The average Bonchev–Trinajstić information content (AvgIpc) is 3.15. The molecule has 1 aromatic heterocycles. The van der Waals surface area contributed by atoms with Crippen LogP contribution >= 0.6 is 10.9 Å². The fraction of sp³-hybridized carbons (Fsp3) is 0.200. The van der Waals surface area contributed by atoms with Gasteiger partial charge in [0.05, 0.1) is 32.5 Å². The molecule has 3 N–H and O–H groups in total. The third-order valence-corrected chi connectivity index (χ3v) is 4.20. The summed E-state index contributed by atoms with van der Waals surface area (Å²) in [6, 6.07) is 3.33. The van der Waals surface area contributed by atoms with Gasteiger partial charge < -0.3 is 32.3 Å². The molecule has 1 amide bonds. The molecule has 0 aliphatic carbocycles. The molecule has 1 heterocycles. The molecule has 0 aliphatic heterocycles. The van der Waals surface area contributed by atoms with E-state index in [0.717, 1.165) is 18.3 Å². The summed E-state index contributed by atoms with van der Waals surface area (Å²) >= 11 is 0. The minimum Gasteiger partial charge on any atom is -0.767 e. The number of nitro benzene ring substituents is 1. The molecule has 0 unspecified atom stereocenters. The predicted molar refractivity (Wildman–Crippen MR) is 98.4 cm³/mol. The summed E-state index contributed by atoms with van der Waals surface area (Å²) in [5.74, 6) is -1.42. The van der Waals surface area contributed by atoms with Crippen LogP contribution in [0.2, 0.25) is 0 Å². The smallest absolute Gasteiger partial charge is 0.767 e. The van der Waals surface area contributed by atoms with Crippen LogP contribution in [-0.4, -0.2) is 52.0 Å². The van der Waals surface area contributed by atoms with Crippen molar-refractivity contribution >= 4 is 28.7 Å². The van der Waals surface area contributed by atoms with E-state index in [9.17, 15) is 19.5 Å². The Morgan fingerprint density at radius 1 is 1.23 bits per heavy atom. The van der Waals surface area contributed by atoms with Crippen molar-refractivity contribution in [2.45, 2.75) is 5.09 Å². The molecule has 0 saturated heterocycles. The standard InChI is InChI=1S/C15H17N3O10S.Na/c1-25-10-6-9(12(18(20)21)14(27-3)13(10)26-2)15(19)17-16-7-8-4-5-11(28-8)29(22,23)24;/h4-7,22-24H,1-3H3,(H,17,19);/q;+1/p-1/b16-7-;. The number of hydrazone groups is 1. The number of amides is 1. The molecule has 0 radical (unpaired) electrons. The molecule has 158 valence electrons. The number of carbonyl (C=O) groups is 1. The fourth-order valence-corrected chi connectivity index (χ4v) is 2.71. The second-order valence-electron chi connectivity index (χ2n) is 5.15. The predicted octanol–water partition coefficient (Wildman–Crippen LogP) is -0.779. The van der Waals surface area contributed by atoms with Gasteiger partial charge in [0.15, 0.2) is 10.8 Å². The zero-order chi connectivity index (χ0) is 21.8. The van der Waals surface area contributed by atoms with E-state index in [1.807, 2.05) is 5.43 Å². The van der Waals surface area contributed by atoms with Crippen LogP contribution < -0.4 is 49.2 Å². The SMILES string of the molecule is COc1cc(C(=O)N/N=C\c2ccc(S([O-])(O)O)o2)c([N+](=O)[O-])c(OC)c1OC.[Na+]. The van der Waals surface area contributed by atoms with Crippen molar-refractivity contribution in [3.05, 3.63) is 39.6 Å². The molecule has 2 rings (SSSR count). The van der Waals surface area contributed by atoms with Crippen LogP contribution in [0.25, 0.3) is 0 Å². The van der Waals surface area contributed by atoms with Crippen molar-refractivity contribution in [2.24, 2.45) is 5.10 Å². The van der Waals surface area contributed by atoms with E-state index >= 15 is 0 Å². The minimum atomic E-state index is -4.28. The number of rotatable bonds is 8. The van der Waals surface area contributed by atoms with Gasteiger partial charge in [-0.3, -0.25) is 14.9 Å². The van der Waals surface area contributed by atoms with Gasteiger partial charge in [-0.2, -0.15) is 5.10 Å². The zero-order valence-electron chi connectivity index (χ0n) is 16.3. The largest absolute Gasteiger partial charge is 1.00 e. The Morgan fingerprint density at radius 3 is 2.33 bits per heavy atom. The molecule has 0 spiro atoms. The van der Waals surface area contributed by atoms with Crippen molar-refractivity contribution in [1.82, 2.24) is 5.43 Å². The third-order valence-electron chi connectivity index (χ3n) is 3.45. The number of hydrogen-bond acceptors (Lipinski definition) is 11. The van der Waals surface area contributed by atoms with E-state index in [1.165, 1.54) is 27.4 Å². The van der Waals surface area contributed by atoms with Crippen molar-refractivity contribution in [3.8, 4) is 17.2 Å². The summed E-state index contributed by atoms with van der Waals surface area (Å²) in [4.78, 5) is 23.1. The van der Waals surface area contributed by atoms with Crippen LogP contribution in [0.3, 0.4) is 0 Å². The number of benzene rings is 1. The molecule has 30 heavy (non-hydrogen) atoms. The maximum atomic E-state index is 12.4. The topological polar surface area (TPSA) is 189 Å². The van der Waals surface area contributed by atoms with Crippen LogP contribution in [0, 0.1) is 10.1 Å². The van der Waals surface area contributed by atoms with Crippen LogP contribution in [0.15, 0.2) is 32.8 Å². The Morgan fingerprint density at radius 2 is 1.87 bits per heavy atom. The van der Waals surface area contributed by atoms with Gasteiger partial charge in [0.2, 0.25) is 11.5 Å². The molecule has 1 aromatic carbocycles. The Balaban J connectivity index is 0.00000450. The van der Waals surface area contributed by atoms with Gasteiger partial charge in [-0.15, -0.1) is 0 Å². The van der Waals surface area contributed by atoms with Crippen LogP contribution in [-0.2, 0) is 0 Å². The summed E-state index contributed by atoms with van der Waals surface area (Å²) in [5, 5.41) is 14.4. The molecule has 13 nitrogen and oxygen atoms in total. The number of methoxy groups -OCH3 is 3. The maximum Gasteiger partial charge on any atom is 1.00 e. The molecule has 0 aliphatic rings. The number of carbonyl (C=O) groups excluding carboxylic acids is 1. The van der Waals surface area contributed by atoms with E-state index < -0.39 is 38.0 Å². The Labute approximate surface area is 193 Å². The first-order valence-corrected chi connectivity index (χ1v) is 9.00. The number of furan rings is 1. The summed E-state index contributed by atoms with van der Waals surface area (Å²) in [7, 11) is -0.590. The van der Waals surface area contributed by atoms with Crippen LogP contribution in [0.4, 0.5) is 5.69 Å². The summed E-state index contributed by atoms with van der Waals surface area (Å²) in [6.07, 6.45) is 0.955. The average molecular weight is 453 g/mol. The first kappa shape index (κ1) is 25.7. The molecule has 0 saturated carbocycles. The van der Waals surface area contributed by atoms with E-state index in [2.05, 4.69) is 5.10 Å². The quantitative estimate of drug-likeness (QED) is 0.198. The van der Waals surface area contributed by atoms with E-state index in [-0.39, 0.29) is 52.6 Å². The van der Waals surface area contributed by atoms with Crippen molar-refractivity contribution in [1.29, 1.82) is 0 Å². The molecule has 0 bridgehead atoms. The second kappa shape index (κ2) is 10.6. The van der Waals surface area contributed by atoms with E-state index in [0.29, 0.717) is 0 Å². The number of hydrogen-bond donors (Lipinski definition) is 3. The number of nitro groups is 1. The summed E-state index contributed by atoms with van der Waals surface area (Å²) < 4.78 is 49.0. The Kier molecular flexibility index (Phi) is 9.10. The molecular weight excluding hydrogens is 437 g/mol. The molecule has 15 heteroatoms.